The lowest BCUT2D eigenvalue weighted by Crippen LogP contribution is -2.40. The molecule has 1 aliphatic rings. The van der Waals surface area contributed by atoms with Crippen molar-refractivity contribution in [2.24, 2.45) is 5.92 Å². The van der Waals surface area contributed by atoms with Crippen LogP contribution < -0.4 is 5.32 Å². The molecule has 1 saturated heterocycles. The van der Waals surface area contributed by atoms with Crippen LogP contribution in [0.5, 0.6) is 0 Å². The van der Waals surface area contributed by atoms with Gasteiger partial charge in [-0.3, -0.25) is 9.69 Å². The highest BCUT2D eigenvalue weighted by Crippen LogP contribution is 2.18. The largest absolute Gasteiger partial charge is 0.380 e. The van der Waals surface area contributed by atoms with Crippen LogP contribution in [0.1, 0.15) is 34.3 Å². The van der Waals surface area contributed by atoms with Crippen molar-refractivity contribution in [1.29, 1.82) is 0 Å². The second-order valence-corrected chi connectivity index (χ2v) is 7.03. The number of carbonyl (C=O) groups excluding carboxylic acids is 1. The smallest absolute Gasteiger partial charge is 0.251 e. The number of methoxy groups -OCH3 is 1. The van der Waals surface area contributed by atoms with E-state index in [2.05, 4.69) is 40.5 Å². The molecule has 138 valence electrons. The Morgan fingerprint density at radius 1 is 1.15 bits per heavy atom. The number of piperidine rings is 1. The molecule has 1 N–H and O–H groups in total. The van der Waals surface area contributed by atoms with Gasteiger partial charge in [-0.05, 0) is 42.5 Å². The summed E-state index contributed by atoms with van der Waals surface area (Å²) in [4.78, 5) is 15.1. The van der Waals surface area contributed by atoms with Gasteiger partial charge >= 0.3 is 0 Å². The molecule has 1 fully saturated rings. The molecule has 2 aromatic carbocycles. The first-order valence-electron chi connectivity index (χ1n) is 9.37. The van der Waals surface area contributed by atoms with Gasteiger partial charge in [0.1, 0.15) is 0 Å². The molecule has 0 radical (unpaired) electrons. The molecule has 2 aromatic rings. The van der Waals surface area contributed by atoms with Crippen molar-refractivity contribution in [2.75, 3.05) is 26.7 Å². The Hall–Kier alpha value is -2.17. The number of carbonyl (C=O) groups is 1. The Labute approximate surface area is 156 Å². The minimum absolute atomic E-state index is 0.00201. The first kappa shape index (κ1) is 18.6. The number of benzene rings is 2. The molecule has 0 aromatic heterocycles. The zero-order chi connectivity index (χ0) is 18.2. The average molecular weight is 352 g/mol. The van der Waals surface area contributed by atoms with E-state index in [1.54, 1.807) is 7.11 Å². The van der Waals surface area contributed by atoms with Crippen LogP contribution in [0.25, 0.3) is 0 Å². The topological polar surface area (TPSA) is 41.6 Å². The van der Waals surface area contributed by atoms with Crippen LogP contribution in [0.3, 0.4) is 0 Å². The van der Waals surface area contributed by atoms with Gasteiger partial charge in [0, 0.05) is 32.3 Å². The lowest BCUT2D eigenvalue weighted by Gasteiger charge is -2.32. The van der Waals surface area contributed by atoms with Gasteiger partial charge in [0.15, 0.2) is 0 Å². The fourth-order valence-electron chi connectivity index (χ4n) is 3.66. The number of ether oxygens (including phenoxy) is 1. The summed E-state index contributed by atoms with van der Waals surface area (Å²) in [5, 5.41) is 3.13. The molecule has 0 spiro atoms. The highest BCUT2D eigenvalue weighted by Gasteiger charge is 2.21. The molecule has 0 unspecified atom stereocenters. The van der Waals surface area contributed by atoms with Gasteiger partial charge in [-0.15, -0.1) is 0 Å². The molecule has 3 rings (SSSR count). The molecule has 0 aliphatic carbocycles. The van der Waals surface area contributed by atoms with Crippen LogP contribution >= 0.6 is 0 Å². The highest BCUT2D eigenvalue weighted by atomic mass is 16.5. The van der Waals surface area contributed by atoms with E-state index in [9.17, 15) is 4.79 Å². The molecule has 0 saturated carbocycles. The van der Waals surface area contributed by atoms with E-state index in [1.807, 2.05) is 24.3 Å². The van der Waals surface area contributed by atoms with Crippen LogP contribution in [0.4, 0.5) is 0 Å². The summed E-state index contributed by atoms with van der Waals surface area (Å²) in [6.07, 6.45) is 2.36. The summed E-state index contributed by atoms with van der Waals surface area (Å²) in [7, 11) is 1.65. The highest BCUT2D eigenvalue weighted by molar-refractivity contribution is 5.95. The molecular weight excluding hydrogens is 324 g/mol. The minimum Gasteiger partial charge on any atom is -0.380 e. The second kappa shape index (κ2) is 9.51. The van der Waals surface area contributed by atoms with Gasteiger partial charge in [-0.1, -0.05) is 48.5 Å². The van der Waals surface area contributed by atoms with Gasteiger partial charge in [-0.2, -0.15) is 0 Å². The predicted octanol–water partition coefficient (Wildman–Crippen LogP) is 3.48. The number of hydrogen-bond acceptors (Lipinski definition) is 3. The van der Waals surface area contributed by atoms with Gasteiger partial charge < -0.3 is 10.1 Å². The van der Waals surface area contributed by atoms with Crippen molar-refractivity contribution in [3.05, 3.63) is 71.3 Å². The monoisotopic (exact) mass is 352 g/mol. The first-order valence-corrected chi connectivity index (χ1v) is 9.37. The van der Waals surface area contributed by atoms with E-state index < -0.39 is 0 Å². The van der Waals surface area contributed by atoms with Crippen LogP contribution in [0.2, 0.25) is 0 Å². The van der Waals surface area contributed by atoms with E-state index >= 15 is 0 Å². The predicted molar refractivity (Wildman–Crippen MR) is 104 cm³/mol. The molecule has 1 heterocycles. The van der Waals surface area contributed by atoms with Gasteiger partial charge in [-0.25, -0.2) is 0 Å². The van der Waals surface area contributed by atoms with Gasteiger partial charge in [0.25, 0.3) is 5.91 Å². The van der Waals surface area contributed by atoms with E-state index in [0.717, 1.165) is 31.7 Å². The fraction of sp³-hybridized carbons (Fsp3) is 0.409. The maximum atomic E-state index is 12.6. The van der Waals surface area contributed by atoms with Crippen molar-refractivity contribution < 1.29 is 9.53 Å². The lowest BCUT2D eigenvalue weighted by atomic mass is 9.97. The summed E-state index contributed by atoms with van der Waals surface area (Å²) < 4.78 is 5.20. The standard InChI is InChI=1S/C22H28N2O2/c1-26-17-20-11-5-6-12-21(20)22(25)23-14-19-10-7-13-24(16-19)15-18-8-3-2-4-9-18/h2-6,8-9,11-12,19H,7,10,13-17H2,1H3,(H,23,25)/t19-/m0/s1. The lowest BCUT2D eigenvalue weighted by molar-refractivity contribution is 0.0926. The van der Waals surface area contributed by atoms with E-state index in [4.69, 9.17) is 4.74 Å². The Balaban J connectivity index is 1.52. The zero-order valence-electron chi connectivity index (χ0n) is 15.5. The third kappa shape index (κ3) is 5.16. The van der Waals surface area contributed by atoms with Crippen LogP contribution in [-0.4, -0.2) is 37.6 Å². The average Bonchev–Trinajstić information content (AvgIpc) is 2.68. The van der Waals surface area contributed by atoms with Crippen molar-refractivity contribution in [3.8, 4) is 0 Å². The Kier molecular flexibility index (Phi) is 6.81. The van der Waals surface area contributed by atoms with Crippen LogP contribution in [-0.2, 0) is 17.9 Å². The second-order valence-electron chi connectivity index (χ2n) is 7.03. The fourth-order valence-corrected chi connectivity index (χ4v) is 3.66. The number of nitrogens with zero attached hydrogens (tertiary/aromatic N) is 1. The van der Waals surface area contributed by atoms with Crippen molar-refractivity contribution in [2.45, 2.75) is 26.0 Å². The normalized spacial score (nSPS) is 17.8. The Morgan fingerprint density at radius 3 is 2.73 bits per heavy atom. The zero-order valence-corrected chi connectivity index (χ0v) is 15.5. The number of amides is 1. The molecule has 0 bridgehead atoms. The Bertz CT molecular complexity index is 702. The molecule has 26 heavy (non-hydrogen) atoms. The molecule has 1 aliphatic heterocycles. The summed E-state index contributed by atoms with van der Waals surface area (Å²) in [5.74, 6) is 0.504. The van der Waals surface area contributed by atoms with Gasteiger partial charge in [0.2, 0.25) is 0 Å². The third-order valence-electron chi connectivity index (χ3n) is 4.97. The number of hydrogen-bond donors (Lipinski definition) is 1. The quantitative estimate of drug-likeness (QED) is 0.829. The maximum absolute atomic E-state index is 12.6. The summed E-state index contributed by atoms with van der Waals surface area (Å²) >= 11 is 0. The number of likely N-dealkylation sites (tertiary alicyclic amines) is 1. The van der Waals surface area contributed by atoms with Crippen molar-refractivity contribution in [3.63, 3.8) is 0 Å². The van der Waals surface area contributed by atoms with Crippen molar-refractivity contribution >= 4 is 5.91 Å². The summed E-state index contributed by atoms with van der Waals surface area (Å²) in [6.45, 7) is 4.34. The third-order valence-corrected chi connectivity index (χ3v) is 4.97. The number of rotatable bonds is 7. The van der Waals surface area contributed by atoms with Crippen LogP contribution in [0.15, 0.2) is 54.6 Å². The summed E-state index contributed by atoms with van der Waals surface area (Å²) in [5.41, 5.74) is 3.00. The SMILES string of the molecule is COCc1ccccc1C(=O)NC[C@@H]1CCCN(Cc2ccccc2)C1. The first-order chi connectivity index (χ1) is 12.8. The Morgan fingerprint density at radius 2 is 1.92 bits per heavy atom. The maximum Gasteiger partial charge on any atom is 0.251 e. The molecule has 4 nitrogen and oxygen atoms in total. The molecule has 4 heteroatoms. The van der Waals surface area contributed by atoms with E-state index in [1.165, 1.54) is 18.4 Å². The minimum atomic E-state index is -0.00201. The molecular formula is C22H28N2O2. The molecule has 1 amide bonds. The number of nitrogens with one attached hydrogen (secondary N) is 1. The summed E-state index contributed by atoms with van der Waals surface area (Å²) in [6, 6.07) is 18.2. The molecule has 1 atom stereocenters. The van der Waals surface area contributed by atoms with E-state index in [0.29, 0.717) is 18.1 Å². The van der Waals surface area contributed by atoms with Gasteiger partial charge in [0.05, 0.1) is 6.61 Å². The van der Waals surface area contributed by atoms with E-state index in [-0.39, 0.29) is 5.91 Å². The van der Waals surface area contributed by atoms with Crippen LogP contribution in [0, 0.1) is 5.92 Å². The van der Waals surface area contributed by atoms with Crippen molar-refractivity contribution in [1.82, 2.24) is 10.2 Å².